The van der Waals surface area contributed by atoms with Crippen LogP contribution in [0.15, 0.2) is 11.2 Å². The van der Waals surface area contributed by atoms with Crippen molar-refractivity contribution >= 4 is 17.3 Å². The lowest BCUT2D eigenvalue weighted by Crippen LogP contribution is -2.39. The van der Waals surface area contributed by atoms with Gasteiger partial charge in [0.2, 0.25) is 0 Å². The van der Waals surface area contributed by atoms with Crippen molar-refractivity contribution in [1.82, 2.24) is 20.5 Å². The van der Waals surface area contributed by atoms with Gasteiger partial charge in [0, 0.05) is 50.8 Å². The normalized spacial score (nSPS) is 12.0. The average Bonchev–Trinajstić information content (AvgIpc) is 2.90. The molecule has 0 radical (unpaired) electrons. The van der Waals surface area contributed by atoms with Crippen molar-refractivity contribution in [2.24, 2.45) is 4.99 Å². The topological polar surface area (TPSA) is 61.8 Å². The van der Waals surface area contributed by atoms with Gasteiger partial charge in [0.25, 0.3) is 0 Å². The number of rotatable bonds is 10. The SMILES string of the molecule is CCNC(=NCCN(C)CCOC)NCCc1ncc(C)s1. The van der Waals surface area contributed by atoms with Gasteiger partial charge in [0.15, 0.2) is 5.96 Å². The van der Waals surface area contributed by atoms with E-state index in [2.05, 4.69) is 46.4 Å². The molecule has 0 aliphatic rings. The highest BCUT2D eigenvalue weighted by atomic mass is 32.1. The summed E-state index contributed by atoms with van der Waals surface area (Å²) < 4.78 is 5.07. The molecule has 0 bridgehead atoms. The van der Waals surface area contributed by atoms with Gasteiger partial charge in [0.05, 0.1) is 18.2 Å². The summed E-state index contributed by atoms with van der Waals surface area (Å²) in [6, 6.07) is 0. The van der Waals surface area contributed by atoms with Crippen LogP contribution in [0.1, 0.15) is 16.8 Å². The van der Waals surface area contributed by atoms with Gasteiger partial charge >= 0.3 is 0 Å². The molecule has 0 saturated carbocycles. The zero-order chi connectivity index (χ0) is 16.2. The third-order valence-corrected chi connectivity index (χ3v) is 4.05. The summed E-state index contributed by atoms with van der Waals surface area (Å²) in [5.41, 5.74) is 0. The van der Waals surface area contributed by atoms with Crippen LogP contribution in [0.25, 0.3) is 0 Å². The van der Waals surface area contributed by atoms with E-state index in [9.17, 15) is 0 Å². The number of aryl methyl sites for hydroxylation is 1. The summed E-state index contributed by atoms with van der Waals surface area (Å²) in [6.07, 6.45) is 2.85. The van der Waals surface area contributed by atoms with E-state index in [1.165, 1.54) is 9.88 Å². The summed E-state index contributed by atoms with van der Waals surface area (Å²) >= 11 is 1.75. The van der Waals surface area contributed by atoms with E-state index in [0.29, 0.717) is 0 Å². The highest BCUT2D eigenvalue weighted by Crippen LogP contribution is 2.10. The number of aliphatic imine (C=N–C) groups is 1. The number of guanidine groups is 1. The third kappa shape index (κ3) is 8.31. The zero-order valence-corrected chi connectivity index (χ0v) is 15.0. The second-order valence-electron chi connectivity index (χ2n) is 5.10. The quantitative estimate of drug-likeness (QED) is 0.498. The van der Waals surface area contributed by atoms with Gasteiger partial charge in [-0.25, -0.2) is 4.98 Å². The van der Waals surface area contributed by atoms with Crippen molar-refractivity contribution in [2.45, 2.75) is 20.3 Å². The summed E-state index contributed by atoms with van der Waals surface area (Å²) in [7, 11) is 3.81. The minimum Gasteiger partial charge on any atom is -0.383 e. The predicted octanol–water partition coefficient (Wildman–Crippen LogP) is 1.13. The Morgan fingerprint density at radius 1 is 1.41 bits per heavy atom. The zero-order valence-electron chi connectivity index (χ0n) is 14.2. The van der Waals surface area contributed by atoms with Gasteiger partial charge < -0.3 is 20.3 Å². The van der Waals surface area contributed by atoms with Crippen molar-refractivity contribution in [3.8, 4) is 0 Å². The van der Waals surface area contributed by atoms with Gasteiger partial charge in [-0.3, -0.25) is 4.99 Å². The van der Waals surface area contributed by atoms with Gasteiger partial charge in [-0.15, -0.1) is 11.3 Å². The molecule has 0 aromatic carbocycles. The maximum atomic E-state index is 5.07. The molecule has 2 N–H and O–H groups in total. The molecule has 0 atom stereocenters. The van der Waals surface area contributed by atoms with Gasteiger partial charge in [-0.1, -0.05) is 0 Å². The fourth-order valence-corrected chi connectivity index (χ4v) is 2.62. The average molecular weight is 327 g/mol. The van der Waals surface area contributed by atoms with Crippen LogP contribution in [-0.2, 0) is 11.2 Å². The molecule has 126 valence electrons. The largest absolute Gasteiger partial charge is 0.383 e. The van der Waals surface area contributed by atoms with Crippen molar-refractivity contribution in [2.75, 3.05) is 53.5 Å². The first-order chi connectivity index (χ1) is 10.7. The number of hydrogen-bond acceptors (Lipinski definition) is 5. The number of nitrogens with one attached hydrogen (secondary N) is 2. The monoisotopic (exact) mass is 327 g/mol. The number of ether oxygens (including phenoxy) is 1. The number of likely N-dealkylation sites (N-methyl/N-ethyl adjacent to an activating group) is 1. The summed E-state index contributed by atoms with van der Waals surface area (Å²) in [5, 5.41) is 7.79. The van der Waals surface area contributed by atoms with E-state index in [4.69, 9.17) is 4.74 Å². The van der Waals surface area contributed by atoms with E-state index in [1.807, 2.05) is 6.20 Å². The van der Waals surface area contributed by atoms with E-state index in [1.54, 1.807) is 18.4 Å². The number of nitrogens with zero attached hydrogens (tertiary/aromatic N) is 3. The standard InChI is InChI=1S/C15H29N5OS/c1-5-16-15(18-8-9-20(3)10-11-21-4)17-7-6-14-19-12-13(2)22-14/h12H,5-11H2,1-4H3,(H2,16,17,18). The second-order valence-corrected chi connectivity index (χ2v) is 6.42. The summed E-state index contributed by atoms with van der Waals surface area (Å²) in [6.45, 7) is 9.25. The molecule has 0 saturated heterocycles. The van der Waals surface area contributed by atoms with Crippen molar-refractivity contribution < 1.29 is 4.74 Å². The molecule has 7 heteroatoms. The van der Waals surface area contributed by atoms with E-state index >= 15 is 0 Å². The Morgan fingerprint density at radius 2 is 2.23 bits per heavy atom. The molecule has 0 amide bonds. The highest BCUT2D eigenvalue weighted by molar-refractivity contribution is 7.11. The van der Waals surface area contributed by atoms with Crippen LogP contribution in [0.3, 0.4) is 0 Å². The van der Waals surface area contributed by atoms with Crippen LogP contribution >= 0.6 is 11.3 Å². The maximum absolute atomic E-state index is 5.07. The Kier molecular flexibility index (Phi) is 9.77. The van der Waals surface area contributed by atoms with Gasteiger partial charge in [-0.2, -0.15) is 0 Å². The van der Waals surface area contributed by atoms with Crippen LogP contribution in [0.4, 0.5) is 0 Å². The summed E-state index contributed by atoms with van der Waals surface area (Å²) in [5.74, 6) is 0.871. The number of hydrogen-bond donors (Lipinski definition) is 2. The number of methoxy groups -OCH3 is 1. The van der Waals surface area contributed by atoms with Crippen LogP contribution in [0, 0.1) is 6.92 Å². The van der Waals surface area contributed by atoms with E-state index in [-0.39, 0.29) is 0 Å². The first-order valence-electron chi connectivity index (χ1n) is 7.76. The predicted molar refractivity (Wildman–Crippen MR) is 93.9 cm³/mol. The van der Waals surface area contributed by atoms with Crippen LogP contribution in [-0.4, -0.2) is 69.3 Å². The lowest BCUT2D eigenvalue weighted by Gasteiger charge is -2.15. The molecular formula is C15H29N5OS. The van der Waals surface area contributed by atoms with Crippen molar-refractivity contribution in [3.05, 3.63) is 16.1 Å². The molecule has 1 aromatic heterocycles. The minimum atomic E-state index is 0.756. The molecule has 6 nitrogen and oxygen atoms in total. The molecule has 0 unspecified atom stereocenters. The minimum absolute atomic E-state index is 0.756. The van der Waals surface area contributed by atoms with Crippen molar-refractivity contribution in [3.63, 3.8) is 0 Å². The van der Waals surface area contributed by atoms with Crippen LogP contribution < -0.4 is 10.6 Å². The van der Waals surface area contributed by atoms with Crippen LogP contribution in [0.2, 0.25) is 0 Å². The molecule has 1 rings (SSSR count). The van der Waals surface area contributed by atoms with Crippen molar-refractivity contribution in [1.29, 1.82) is 0 Å². The molecule has 0 spiro atoms. The molecule has 0 aliphatic heterocycles. The molecule has 1 heterocycles. The Balaban J connectivity index is 2.29. The lowest BCUT2D eigenvalue weighted by atomic mass is 10.4. The number of thiazole rings is 1. The fourth-order valence-electron chi connectivity index (χ4n) is 1.84. The summed E-state index contributed by atoms with van der Waals surface area (Å²) in [4.78, 5) is 12.4. The van der Waals surface area contributed by atoms with E-state index in [0.717, 1.165) is 51.7 Å². The second kappa shape index (κ2) is 11.4. The third-order valence-electron chi connectivity index (χ3n) is 3.07. The fraction of sp³-hybridized carbons (Fsp3) is 0.733. The Bertz CT molecular complexity index is 435. The highest BCUT2D eigenvalue weighted by Gasteiger charge is 2.01. The Morgan fingerprint density at radius 3 is 2.86 bits per heavy atom. The molecule has 1 aromatic rings. The van der Waals surface area contributed by atoms with Crippen LogP contribution in [0.5, 0.6) is 0 Å². The first kappa shape index (κ1) is 18.9. The molecule has 0 aliphatic carbocycles. The molecular weight excluding hydrogens is 298 g/mol. The van der Waals surface area contributed by atoms with Gasteiger partial charge in [0.1, 0.15) is 0 Å². The van der Waals surface area contributed by atoms with E-state index < -0.39 is 0 Å². The Labute approximate surface area is 138 Å². The maximum Gasteiger partial charge on any atom is 0.191 e. The van der Waals surface area contributed by atoms with Gasteiger partial charge in [-0.05, 0) is 20.9 Å². The molecule has 0 fully saturated rings. The Hall–Kier alpha value is -1.18. The molecule has 22 heavy (non-hydrogen) atoms. The number of aromatic nitrogens is 1. The smallest absolute Gasteiger partial charge is 0.191 e. The first-order valence-corrected chi connectivity index (χ1v) is 8.58. The lowest BCUT2D eigenvalue weighted by molar-refractivity contribution is 0.163.